The molecule has 2 aromatic carbocycles. The van der Waals surface area contributed by atoms with E-state index in [1.54, 1.807) is 13.8 Å². The number of halogens is 1. The van der Waals surface area contributed by atoms with Crippen LogP contribution in [-0.4, -0.2) is 16.9 Å². The van der Waals surface area contributed by atoms with Crippen molar-refractivity contribution in [1.29, 1.82) is 0 Å². The molecule has 6 nitrogen and oxygen atoms in total. The van der Waals surface area contributed by atoms with Gasteiger partial charge in [0.1, 0.15) is 11.6 Å². The Bertz CT molecular complexity index is 731. The smallest absolute Gasteiger partial charge is 0.272 e. The Hall–Kier alpha value is -2.96. The van der Waals surface area contributed by atoms with Gasteiger partial charge in [0, 0.05) is 17.3 Å². The molecule has 0 saturated carbocycles. The molecule has 1 unspecified atom stereocenters. The van der Waals surface area contributed by atoms with Crippen molar-refractivity contribution in [1.82, 2.24) is 0 Å². The number of rotatable bonds is 5. The number of anilines is 1. The van der Waals surface area contributed by atoms with E-state index < -0.39 is 22.8 Å². The van der Waals surface area contributed by atoms with Gasteiger partial charge in [-0.1, -0.05) is 0 Å². The molecule has 0 aliphatic heterocycles. The van der Waals surface area contributed by atoms with Gasteiger partial charge in [-0.05, 0) is 50.2 Å². The van der Waals surface area contributed by atoms with Crippen molar-refractivity contribution in [3.8, 4) is 5.75 Å². The van der Waals surface area contributed by atoms with Crippen LogP contribution in [-0.2, 0) is 4.79 Å². The van der Waals surface area contributed by atoms with Crippen molar-refractivity contribution < 1.29 is 18.8 Å². The maximum absolute atomic E-state index is 12.8. The molecular weight excluding hydrogens is 303 g/mol. The Morgan fingerprint density at radius 2 is 1.91 bits per heavy atom. The predicted molar refractivity (Wildman–Crippen MR) is 83.0 cm³/mol. The van der Waals surface area contributed by atoms with E-state index in [0.717, 1.165) is 0 Å². The summed E-state index contributed by atoms with van der Waals surface area (Å²) < 4.78 is 18.2. The number of hydrogen-bond acceptors (Lipinski definition) is 4. The van der Waals surface area contributed by atoms with E-state index in [9.17, 15) is 19.3 Å². The highest BCUT2D eigenvalue weighted by atomic mass is 19.1. The molecule has 0 fully saturated rings. The summed E-state index contributed by atoms with van der Waals surface area (Å²) in [5.41, 5.74) is 0.867. The number of ether oxygens (including phenoxy) is 1. The quantitative estimate of drug-likeness (QED) is 0.676. The van der Waals surface area contributed by atoms with Gasteiger partial charge >= 0.3 is 0 Å². The third-order valence-corrected chi connectivity index (χ3v) is 3.16. The first-order valence-electron chi connectivity index (χ1n) is 6.85. The minimum atomic E-state index is -0.809. The lowest BCUT2D eigenvalue weighted by Crippen LogP contribution is -2.30. The third kappa shape index (κ3) is 4.26. The van der Waals surface area contributed by atoms with Crippen LogP contribution in [0, 0.1) is 22.9 Å². The minimum Gasteiger partial charge on any atom is -0.481 e. The summed E-state index contributed by atoms with van der Waals surface area (Å²) in [6.07, 6.45) is -0.809. The second-order valence-corrected chi connectivity index (χ2v) is 4.96. The van der Waals surface area contributed by atoms with Gasteiger partial charge in [0.25, 0.3) is 11.6 Å². The second-order valence-electron chi connectivity index (χ2n) is 4.96. The molecule has 0 spiro atoms. The number of aryl methyl sites for hydroxylation is 1. The molecule has 0 bridgehead atoms. The second kappa shape index (κ2) is 6.87. The van der Waals surface area contributed by atoms with Crippen molar-refractivity contribution in [2.75, 3.05) is 5.32 Å². The number of carbonyl (C=O) groups excluding carboxylic acids is 1. The monoisotopic (exact) mass is 318 g/mol. The number of benzene rings is 2. The molecular formula is C16H15FN2O4. The molecule has 7 heteroatoms. The fourth-order valence-electron chi connectivity index (χ4n) is 1.95. The summed E-state index contributed by atoms with van der Waals surface area (Å²) in [6, 6.07) is 9.62. The highest BCUT2D eigenvalue weighted by Crippen LogP contribution is 2.22. The van der Waals surface area contributed by atoms with Crippen molar-refractivity contribution in [2.24, 2.45) is 0 Å². The molecule has 0 radical (unpaired) electrons. The fraction of sp³-hybridized carbons (Fsp3) is 0.188. The molecule has 0 aliphatic rings. The first kappa shape index (κ1) is 16.4. The number of nitro benzene ring substituents is 1. The molecule has 2 rings (SSSR count). The zero-order valence-corrected chi connectivity index (χ0v) is 12.6. The van der Waals surface area contributed by atoms with Gasteiger partial charge in [-0.25, -0.2) is 4.39 Å². The molecule has 0 aromatic heterocycles. The van der Waals surface area contributed by atoms with E-state index in [1.807, 2.05) is 0 Å². The van der Waals surface area contributed by atoms with Crippen molar-refractivity contribution in [3.63, 3.8) is 0 Å². The Morgan fingerprint density at radius 3 is 2.48 bits per heavy atom. The van der Waals surface area contributed by atoms with E-state index in [1.165, 1.54) is 42.5 Å². The van der Waals surface area contributed by atoms with E-state index in [2.05, 4.69) is 5.32 Å². The van der Waals surface area contributed by atoms with Gasteiger partial charge < -0.3 is 10.1 Å². The maximum atomic E-state index is 12.8. The Morgan fingerprint density at radius 1 is 1.26 bits per heavy atom. The molecule has 1 atom stereocenters. The van der Waals surface area contributed by atoms with Crippen molar-refractivity contribution in [2.45, 2.75) is 20.0 Å². The molecule has 0 heterocycles. The summed E-state index contributed by atoms with van der Waals surface area (Å²) in [4.78, 5) is 22.3. The maximum Gasteiger partial charge on any atom is 0.272 e. The third-order valence-electron chi connectivity index (χ3n) is 3.16. The topological polar surface area (TPSA) is 81.5 Å². The molecule has 23 heavy (non-hydrogen) atoms. The first-order valence-corrected chi connectivity index (χ1v) is 6.85. The average molecular weight is 318 g/mol. The first-order chi connectivity index (χ1) is 10.9. The molecule has 1 N–H and O–H groups in total. The van der Waals surface area contributed by atoms with E-state index in [-0.39, 0.29) is 5.69 Å². The Balaban J connectivity index is 2.02. The lowest BCUT2D eigenvalue weighted by atomic mass is 10.2. The van der Waals surface area contributed by atoms with Gasteiger partial charge in [0.15, 0.2) is 6.10 Å². The average Bonchev–Trinajstić information content (AvgIpc) is 2.49. The number of hydrogen-bond donors (Lipinski definition) is 1. The van der Waals surface area contributed by atoms with Crippen LogP contribution in [0.3, 0.4) is 0 Å². The van der Waals surface area contributed by atoms with Crippen LogP contribution in [0.4, 0.5) is 15.8 Å². The number of nitrogens with one attached hydrogen (secondary N) is 1. The molecule has 2 aromatic rings. The lowest BCUT2D eigenvalue weighted by Gasteiger charge is -2.15. The largest absolute Gasteiger partial charge is 0.481 e. The highest BCUT2D eigenvalue weighted by molar-refractivity contribution is 5.94. The van der Waals surface area contributed by atoms with Crippen molar-refractivity contribution in [3.05, 3.63) is 64.0 Å². The SMILES string of the molecule is Cc1cc(NC(=O)C(C)Oc2ccc(F)cc2)ccc1[N+](=O)[O-]. The lowest BCUT2D eigenvalue weighted by molar-refractivity contribution is -0.385. The summed E-state index contributed by atoms with van der Waals surface area (Å²) in [5.74, 6) is -0.438. The van der Waals surface area contributed by atoms with Crippen molar-refractivity contribution >= 4 is 17.3 Å². The number of nitro groups is 1. The van der Waals surface area contributed by atoms with Crippen LogP contribution >= 0.6 is 0 Å². The van der Waals surface area contributed by atoms with Crippen LogP contribution in [0.15, 0.2) is 42.5 Å². The normalized spacial score (nSPS) is 11.6. The predicted octanol–water partition coefficient (Wildman–Crippen LogP) is 3.45. The fourth-order valence-corrected chi connectivity index (χ4v) is 1.95. The van der Waals surface area contributed by atoms with Gasteiger partial charge in [0.05, 0.1) is 4.92 Å². The van der Waals surface area contributed by atoms with Crippen LogP contribution in [0.25, 0.3) is 0 Å². The molecule has 0 saturated heterocycles. The summed E-state index contributed by atoms with van der Waals surface area (Å²) >= 11 is 0. The summed E-state index contributed by atoms with van der Waals surface area (Å²) in [5, 5.41) is 13.4. The van der Waals surface area contributed by atoms with Crippen LogP contribution in [0.1, 0.15) is 12.5 Å². The summed E-state index contributed by atoms with van der Waals surface area (Å²) in [6.45, 7) is 3.14. The van der Waals surface area contributed by atoms with Crippen LogP contribution in [0.5, 0.6) is 5.75 Å². The standard InChI is InChI=1S/C16H15FN2O4/c1-10-9-13(5-8-15(10)19(21)22)18-16(20)11(2)23-14-6-3-12(17)4-7-14/h3-9,11H,1-2H3,(H,18,20). The molecule has 120 valence electrons. The van der Waals surface area contributed by atoms with Gasteiger partial charge in [0.2, 0.25) is 0 Å². The Labute approximate surface area is 132 Å². The number of amides is 1. The molecule has 1 amide bonds. The molecule has 0 aliphatic carbocycles. The number of nitrogens with zero attached hydrogens (tertiary/aromatic N) is 1. The van der Waals surface area contributed by atoms with Gasteiger partial charge in [-0.3, -0.25) is 14.9 Å². The van der Waals surface area contributed by atoms with Gasteiger partial charge in [-0.2, -0.15) is 0 Å². The van der Waals surface area contributed by atoms with E-state index in [0.29, 0.717) is 17.0 Å². The Kier molecular flexibility index (Phi) is 4.90. The van der Waals surface area contributed by atoms with Crippen LogP contribution in [0.2, 0.25) is 0 Å². The van der Waals surface area contributed by atoms with Gasteiger partial charge in [-0.15, -0.1) is 0 Å². The van der Waals surface area contributed by atoms with E-state index >= 15 is 0 Å². The zero-order chi connectivity index (χ0) is 17.0. The number of carbonyl (C=O) groups is 1. The van der Waals surface area contributed by atoms with Crippen LogP contribution < -0.4 is 10.1 Å². The zero-order valence-electron chi connectivity index (χ0n) is 12.6. The highest BCUT2D eigenvalue weighted by Gasteiger charge is 2.16. The summed E-state index contributed by atoms with van der Waals surface area (Å²) in [7, 11) is 0. The minimum absolute atomic E-state index is 0.0152. The van der Waals surface area contributed by atoms with E-state index in [4.69, 9.17) is 4.74 Å².